The van der Waals surface area contributed by atoms with Gasteiger partial charge in [-0.05, 0) is 40.0 Å². The van der Waals surface area contributed by atoms with Gasteiger partial charge in [-0.1, -0.05) is 18.9 Å². The Labute approximate surface area is 127 Å². The molecule has 1 rings (SSSR count). The molecule has 0 aromatic carbocycles. The third-order valence-corrected chi connectivity index (χ3v) is 3.34. The lowest BCUT2D eigenvalue weighted by molar-refractivity contribution is -0.158. The molecule has 0 aliphatic heterocycles. The molecule has 21 heavy (non-hydrogen) atoms. The monoisotopic (exact) mass is 296 g/mol. The van der Waals surface area contributed by atoms with Gasteiger partial charge >= 0.3 is 5.97 Å². The van der Waals surface area contributed by atoms with E-state index in [2.05, 4.69) is 17.2 Å². The van der Waals surface area contributed by atoms with Crippen molar-refractivity contribution in [1.82, 2.24) is 10.6 Å². The average molecular weight is 296 g/mol. The van der Waals surface area contributed by atoms with Crippen LogP contribution >= 0.6 is 0 Å². The lowest BCUT2D eigenvalue weighted by Crippen LogP contribution is -2.47. The van der Waals surface area contributed by atoms with Crippen LogP contribution in [0.25, 0.3) is 0 Å². The molecule has 1 aliphatic carbocycles. The number of ether oxygens (including phenoxy) is 1. The number of amides is 1. The molecular formula is C16H28N2O3. The largest absolute Gasteiger partial charge is 0.458 e. The summed E-state index contributed by atoms with van der Waals surface area (Å²) in [7, 11) is 0. The van der Waals surface area contributed by atoms with Gasteiger partial charge in [-0.2, -0.15) is 0 Å². The van der Waals surface area contributed by atoms with Crippen molar-refractivity contribution in [1.29, 1.82) is 0 Å². The van der Waals surface area contributed by atoms with Crippen LogP contribution in [0.15, 0.2) is 12.7 Å². The van der Waals surface area contributed by atoms with E-state index in [4.69, 9.17) is 4.74 Å². The molecule has 0 heterocycles. The van der Waals surface area contributed by atoms with E-state index >= 15 is 0 Å². The third-order valence-electron chi connectivity index (χ3n) is 3.34. The quantitative estimate of drug-likeness (QED) is 0.556. The van der Waals surface area contributed by atoms with Crippen molar-refractivity contribution < 1.29 is 14.3 Å². The summed E-state index contributed by atoms with van der Waals surface area (Å²) in [6.45, 7) is 9.27. The molecule has 0 spiro atoms. The second-order valence-corrected chi connectivity index (χ2v) is 6.54. The van der Waals surface area contributed by atoms with E-state index in [0.717, 1.165) is 12.8 Å². The van der Waals surface area contributed by atoms with Crippen LogP contribution in [-0.4, -0.2) is 36.1 Å². The van der Waals surface area contributed by atoms with Crippen molar-refractivity contribution in [2.75, 3.05) is 6.54 Å². The summed E-state index contributed by atoms with van der Waals surface area (Å²) >= 11 is 0. The second kappa shape index (κ2) is 8.17. The molecule has 0 radical (unpaired) electrons. The summed E-state index contributed by atoms with van der Waals surface area (Å²) in [5, 5.41) is 5.94. The van der Waals surface area contributed by atoms with E-state index in [-0.39, 0.29) is 12.5 Å². The van der Waals surface area contributed by atoms with E-state index < -0.39 is 17.6 Å². The summed E-state index contributed by atoms with van der Waals surface area (Å²) in [5.41, 5.74) is -0.566. The van der Waals surface area contributed by atoms with Crippen molar-refractivity contribution in [3.63, 3.8) is 0 Å². The molecule has 1 saturated carbocycles. The molecule has 5 heteroatoms. The highest BCUT2D eigenvalue weighted by atomic mass is 16.6. The van der Waals surface area contributed by atoms with Crippen LogP contribution in [0.3, 0.4) is 0 Å². The van der Waals surface area contributed by atoms with Crippen LogP contribution in [0, 0.1) is 0 Å². The summed E-state index contributed by atoms with van der Waals surface area (Å²) < 4.78 is 5.31. The zero-order chi connectivity index (χ0) is 15.9. The fraction of sp³-hybridized carbons (Fsp3) is 0.750. The molecule has 5 nitrogen and oxygen atoms in total. The van der Waals surface area contributed by atoms with Crippen molar-refractivity contribution in [3.8, 4) is 0 Å². The van der Waals surface area contributed by atoms with Crippen molar-refractivity contribution >= 4 is 11.9 Å². The lowest BCUT2D eigenvalue weighted by Gasteiger charge is -2.24. The maximum absolute atomic E-state index is 12.0. The van der Waals surface area contributed by atoms with Gasteiger partial charge in [0.2, 0.25) is 5.91 Å². The van der Waals surface area contributed by atoms with Crippen LogP contribution < -0.4 is 10.6 Å². The highest BCUT2D eigenvalue weighted by molar-refractivity contribution is 5.85. The second-order valence-electron chi connectivity index (χ2n) is 6.54. The fourth-order valence-corrected chi connectivity index (χ4v) is 2.37. The number of rotatable bonds is 7. The zero-order valence-electron chi connectivity index (χ0n) is 13.4. The number of carbonyl (C=O) groups excluding carboxylic acids is 2. The number of hydrogen-bond acceptors (Lipinski definition) is 4. The number of nitrogens with one attached hydrogen (secondary N) is 2. The van der Waals surface area contributed by atoms with E-state index in [0.29, 0.717) is 12.5 Å². The SMILES string of the molecule is C=CCC(NC(=O)CNC1CCCC1)C(=O)OC(C)(C)C. The van der Waals surface area contributed by atoms with Crippen LogP contribution in [0.4, 0.5) is 0 Å². The third kappa shape index (κ3) is 7.27. The normalized spacial score (nSPS) is 17.3. The van der Waals surface area contributed by atoms with Gasteiger partial charge in [0.25, 0.3) is 0 Å². The summed E-state index contributed by atoms with van der Waals surface area (Å²) in [4.78, 5) is 24.0. The lowest BCUT2D eigenvalue weighted by atomic mass is 10.1. The Hall–Kier alpha value is -1.36. The summed E-state index contributed by atoms with van der Waals surface area (Å²) in [6.07, 6.45) is 6.65. The molecule has 1 atom stereocenters. The van der Waals surface area contributed by atoms with Gasteiger partial charge in [0.05, 0.1) is 6.54 Å². The van der Waals surface area contributed by atoms with Gasteiger partial charge in [-0.15, -0.1) is 6.58 Å². The van der Waals surface area contributed by atoms with Gasteiger partial charge in [0.15, 0.2) is 0 Å². The Morgan fingerprint density at radius 3 is 2.48 bits per heavy atom. The van der Waals surface area contributed by atoms with Gasteiger partial charge in [0, 0.05) is 6.04 Å². The topological polar surface area (TPSA) is 67.4 Å². The molecule has 1 unspecified atom stereocenters. The summed E-state index contributed by atoms with van der Waals surface area (Å²) in [6, 6.07) is -0.241. The Bertz CT molecular complexity index is 368. The maximum Gasteiger partial charge on any atom is 0.329 e. The van der Waals surface area contributed by atoms with Crippen LogP contribution in [-0.2, 0) is 14.3 Å². The smallest absolute Gasteiger partial charge is 0.329 e. The fourth-order valence-electron chi connectivity index (χ4n) is 2.37. The van der Waals surface area contributed by atoms with E-state index in [1.54, 1.807) is 26.8 Å². The molecule has 1 amide bonds. The van der Waals surface area contributed by atoms with Crippen molar-refractivity contribution in [2.24, 2.45) is 0 Å². The van der Waals surface area contributed by atoms with Gasteiger partial charge < -0.3 is 15.4 Å². The minimum atomic E-state index is -0.667. The minimum Gasteiger partial charge on any atom is -0.458 e. The first-order valence-electron chi connectivity index (χ1n) is 7.68. The van der Waals surface area contributed by atoms with Crippen molar-refractivity contribution in [3.05, 3.63) is 12.7 Å². The number of hydrogen-bond donors (Lipinski definition) is 2. The average Bonchev–Trinajstić information content (AvgIpc) is 2.87. The summed E-state index contributed by atoms with van der Waals surface area (Å²) in [5.74, 6) is -0.601. The Morgan fingerprint density at radius 2 is 1.95 bits per heavy atom. The molecule has 0 saturated heterocycles. The molecule has 0 bridgehead atoms. The van der Waals surface area contributed by atoms with E-state index in [9.17, 15) is 9.59 Å². The van der Waals surface area contributed by atoms with Crippen LogP contribution in [0.5, 0.6) is 0 Å². The first-order valence-corrected chi connectivity index (χ1v) is 7.68. The van der Waals surface area contributed by atoms with Gasteiger partial charge in [-0.25, -0.2) is 4.79 Å². The maximum atomic E-state index is 12.0. The Kier molecular flexibility index (Phi) is 6.89. The Morgan fingerprint density at radius 1 is 1.33 bits per heavy atom. The number of carbonyl (C=O) groups is 2. The molecule has 1 aliphatic rings. The van der Waals surface area contributed by atoms with Crippen molar-refractivity contribution in [2.45, 2.75) is 70.6 Å². The first-order chi connectivity index (χ1) is 9.81. The van der Waals surface area contributed by atoms with Crippen LogP contribution in [0.1, 0.15) is 52.9 Å². The highest BCUT2D eigenvalue weighted by Crippen LogP contribution is 2.17. The molecule has 0 aromatic heterocycles. The predicted octanol–water partition coefficient (Wildman–Crippen LogP) is 1.92. The molecule has 120 valence electrons. The van der Waals surface area contributed by atoms with Gasteiger partial charge in [0.1, 0.15) is 11.6 Å². The number of esters is 1. The minimum absolute atomic E-state index is 0.181. The van der Waals surface area contributed by atoms with E-state index in [1.165, 1.54) is 12.8 Å². The molecule has 0 aromatic rings. The Balaban J connectivity index is 2.42. The molecule has 2 N–H and O–H groups in total. The zero-order valence-corrected chi connectivity index (χ0v) is 13.4. The standard InChI is InChI=1S/C16H28N2O3/c1-5-8-13(15(20)21-16(2,3)4)18-14(19)11-17-12-9-6-7-10-12/h5,12-13,17H,1,6-11H2,2-4H3,(H,18,19). The first kappa shape index (κ1) is 17.7. The highest BCUT2D eigenvalue weighted by Gasteiger charge is 2.26. The van der Waals surface area contributed by atoms with Crippen LogP contribution in [0.2, 0.25) is 0 Å². The molecule has 1 fully saturated rings. The van der Waals surface area contributed by atoms with E-state index in [1.807, 2.05) is 0 Å². The van der Waals surface area contributed by atoms with Gasteiger partial charge in [-0.3, -0.25) is 4.79 Å². The molecular weight excluding hydrogens is 268 g/mol. The predicted molar refractivity (Wildman–Crippen MR) is 82.8 cm³/mol.